The summed E-state index contributed by atoms with van der Waals surface area (Å²) in [5.74, 6) is -0.0942. The van der Waals surface area contributed by atoms with Gasteiger partial charge in [-0.1, -0.05) is 43.2 Å². The van der Waals surface area contributed by atoms with E-state index >= 15 is 0 Å². The van der Waals surface area contributed by atoms with Gasteiger partial charge < -0.3 is 15.5 Å². The van der Waals surface area contributed by atoms with Crippen molar-refractivity contribution >= 4 is 23.2 Å². The summed E-state index contributed by atoms with van der Waals surface area (Å²) in [7, 11) is 0. The Kier molecular flexibility index (Phi) is 7.20. The topological polar surface area (TPSA) is 64.7 Å². The summed E-state index contributed by atoms with van der Waals surface area (Å²) in [4.78, 5) is 29.1. The molecule has 4 rings (SSSR count). The first-order chi connectivity index (χ1) is 15.2. The Hall–Kier alpha value is -2.86. The number of hydrogen-bond donors (Lipinski definition) is 2. The maximum atomic E-state index is 12.2. The molecular weight excluding hydrogens is 388 g/mol. The zero-order valence-electron chi connectivity index (χ0n) is 18.1. The van der Waals surface area contributed by atoms with Crippen LogP contribution < -0.4 is 15.5 Å². The van der Waals surface area contributed by atoms with Crippen LogP contribution >= 0.6 is 0 Å². The summed E-state index contributed by atoms with van der Waals surface area (Å²) in [6.07, 6.45) is 4.10. The molecule has 2 aromatic rings. The Balaban J connectivity index is 1.20. The second-order valence-electron chi connectivity index (χ2n) is 8.54. The van der Waals surface area contributed by atoms with Gasteiger partial charge >= 0.3 is 0 Å². The second kappa shape index (κ2) is 10.4. The van der Waals surface area contributed by atoms with Crippen LogP contribution in [0.15, 0.2) is 54.6 Å². The number of benzene rings is 2. The van der Waals surface area contributed by atoms with Gasteiger partial charge in [0.25, 0.3) is 0 Å². The molecule has 1 saturated heterocycles. The van der Waals surface area contributed by atoms with E-state index in [2.05, 4.69) is 62.9 Å². The van der Waals surface area contributed by atoms with Gasteiger partial charge in [-0.3, -0.25) is 14.5 Å². The summed E-state index contributed by atoms with van der Waals surface area (Å²) in [5, 5.41) is 5.64. The van der Waals surface area contributed by atoms with Crippen LogP contribution in [0.2, 0.25) is 0 Å². The van der Waals surface area contributed by atoms with Gasteiger partial charge in [-0.25, -0.2) is 0 Å². The van der Waals surface area contributed by atoms with Crippen molar-refractivity contribution in [3.63, 3.8) is 0 Å². The van der Waals surface area contributed by atoms with Crippen LogP contribution in [0.25, 0.3) is 0 Å². The van der Waals surface area contributed by atoms with Crippen molar-refractivity contribution in [1.29, 1.82) is 0 Å². The number of rotatable bonds is 7. The third-order valence-electron chi connectivity index (χ3n) is 6.29. The maximum absolute atomic E-state index is 12.2. The van der Waals surface area contributed by atoms with Crippen LogP contribution in [-0.2, 0) is 16.1 Å². The minimum atomic E-state index is -0.186. The van der Waals surface area contributed by atoms with Gasteiger partial charge in [-0.2, -0.15) is 0 Å². The Bertz CT molecular complexity index is 855. The van der Waals surface area contributed by atoms with E-state index in [0.717, 1.165) is 64.1 Å². The smallest absolute Gasteiger partial charge is 0.243 e. The minimum Gasteiger partial charge on any atom is -0.369 e. The number of carbonyl (C=O) groups excluding carboxylic acids is 2. The van der Waals surface area contributed by atoms with Crippen molar-refractivity contribution in [3.8, 4) is 0 Å². The fraction of sp³-hybridized carbons (Fsp3) is 0.440. The van der Waals surface area contributed by atoms with E-state index in [1.54, 1.807) is 0 Å². The van der Waals surface area contributed by atoms with Crippen molar-refractivity contribution in [1.82, 2.24) is 10.2 Å². The summed E-state index contributed by atoms with van der Waals surface area (Å²) in [6.45, 7) is 5.08. The van der Waals surface area contributed by atoms with Crippen molar-refractivity contribution in [2.24, 2.45) is 5.92 Å². The summed E-state index contributed by atoms with van der Waals surface area (Å²) in [5.41, 5.74) is 3.29. The molecule has 31 heavy (non-hydrogen) atoms. The molecule has 6 heteroatoms. The molecule has 1 aliphatic carbocycles. The number of nitrogens with one attached hydrogen (secondary N) is 2. The normalized spacial score (nSPS) is 17.5. The third-order valence-corrected chi connectivity index (χ3v) is 6.29. The molecule has 2 N–H and O–H groups in total. The Labute approximate surface area is 184 Å². The highest BCUT2D eigenvalue weighted by Gasteiger charge is 2.22. The number of piperazine rings is 1. The van der Waals surface area contributed by atoms with E-state index in [-0.39, 0.29) is 24.3 Å². The molecule has 0 unspecified atom stereocenters. The van der Waals surface area contributed by atoms with E-state index < -0.39 is 0 Å². The van der Waals surface area contributed by atoms with Gasteiger partial charge in [0.2, 0.25) is 11.8 Å². The maximum Gasteiger partial charge on any atom is 0.243 e. The predicted octanol–water partition coefficient (Wildman–Crippen LogP) is 3.25. The van der Waals surface area contributed by atoms with Crippen molar-refractivity contribution in [2.75, 3.05) is 42.9 Å². The lowest BCUT2D eigenvalue weighted by molar-refractivity contribution is -0.127. The van der Waals surface area contributed by atoms with Crippen LogP contribution in [0.1, 0.15) is 31.2 Å². The average molecular weight is 421 g/mol. The monoisotopic (exact) mass is 420 g/mol. The van der Waals surface area contributed by atoms with Crippen molar-refractivity contribution in [2.45, 2.75) is 32.2 Å². The average Bonchev–Trinajstić information content (AvgIpc) is 3.35. The molecule has 2 aromatic carbocycles. The first-order valence-corrected chi connectivity index (χ1v) is 11.4. The first kappa shape index (κ1) is 21.4. The molecule has 2 amide bonds. The van der Waals surface area contributed by atoms with Gasteiger partial charge in [-0.15, -0.1) is 0 Å². The lowest BCUT2D eigenvalue weighted by atomic mass is 10.1. The fourth-order valence-electron chi connectivity index (χ4n) is 4.47. The molecule has 1 heterocycles. The number of nitrogens with zero attached hydrogens (tertiary/aromatic N) is 2. The van der Waals surface area contributed by atoms with Crippen molar-refractivity contribution < 1.29 is 9.59 Å². The molecule has 164 valence electrons. The number of carbonyl (C=O) groups is 2. The zero-order valence-corrected chi connectivity index (χ0v) is 18.1. The van der Waals surface area contributed by atoms with Crippen LogP contribution in [0.4, 0.5) is 11.4 Å². The highest BCUT2D eigenvalue weighted by Crippen LogP contribution is 2.24. The summed E-state index contributed by atoms with van der Waals surface area (Å²) in [6, 6.07) is 18.6. The largest absolute Gasteiger partial charge is 0.369 e. The van der Waals surface area contributed by atoms with Gasteiger partial charge in [0, 0.05) is 50.0 Å². The highest BCUT2D eigenvalue weighted by molar-refractivity contribution is 5.94. The van der Waals surface area contributed by atoms with E-state index in [0.29, 0.717) is 0 Å². The highest BCUT2D eigenvalue weighted by atomic mass is 16.2. The summed E-state index contributed by atoms with van der Waals surface area (Å²) >= 11 is 0. The second-order valence-corrected chi connectivity index (χ2v) is 8.54. The Morgan fingerprint density at radius 2 is 1.55 bits per heavy atom. The quantitative estimate of drug-likeness (QED) is 0.722. The standard InChI is InChI=1S/C25H32N4O2/c30-24(18-26-25(31)21-8-4-5-9-21)27-22-10-12-23(13-11-22)29-16-14-28(15-17-29)19-20-6-2-1-3-7-20/h1-3,6-7,10-13,21H,4-5,8-9,14-19H2,(H,26,31)(H,27,30). The van der Waals surface area contributed by atoms with Gasteiger partial charge in [0.1, 0.15) is 0 Å². The predicted molar refractivity (Wildman–Crippen MR) is 124 cm³/mol. The molecule has 6 nitrogen and oxygen atoms in total. The molecule has 0 spiro atoms. The van der Waals surface area contributed by atoms with Crippen LogP contribution in [0.3, 0.4) is 0 Å². The van der Waals surface area contributed by atoms with E-state index in [9.17, 15) is 9.59 Å². The molecular formula is C25H32N4O2. The molecule has 1 saturated carbocycles. The summed E-state index contributed by atoms with van der Waals surface area (Å²) < 4.78 is 0. The third kappa shape index (κ3) is 6.07. The fourth-order valence-corrected chi connectivity index (χ4v) is 4.47. The molecule has 0 radical (unpaired) electrons. The lowest BCUT2D eigenvalue weighted by Gasteiger charge is -2.36. The number of hydrogen-bond acceptors (Lipinski definition) is 4. The number of anilines is 2. The van der Waals surface area contributed by atoms with Crippen LogP contribution in [0.5, 0.6) is 0 Å². The molecule has 0 atom stereocenters. The SMILES string of the molecule is O=C(CNC(=O)C1CCCC1)Nc1ccc(N2CCN(Cc3ccccc3)CC2)cc1. The van der Waals surface area contributed by atoms with E-state index in [1.807, 2.05) is 12.1 Å². The molecule has 0 aromatic heterocycles. The van der Waals surface area contributed by atoms with E-state index in [1.165, 1.54) is 11.3 Å². The van der Waals surface area contributed by atoms with Gasteiger partial charge in [0.05, 0.1) is 6.54 Å². The number of amides is 2. The van der Waals surface area contributed by atoms with Gasteiger partial charge in [0.15, 0.2) is 0 Å². The zero-order chi connectivity index (χ0) is 21.5. The minimum absolute atomic E-state index is 0.00871. The first-order valence-electron chi connectivity index (χ1n) is 11.4. The van der Waals surface area contributed by atoms with Crippen molar-refractivity contribution in [3.05, 3.63) is 60.2 Å². The van der Waals surface area contributed by atoms with E-state index in [4.69, 9.17) is 0 Å². The van der Waals surface area contributed by atoms with Crippen LogP contribution in [-0.4, -0.2) is 49.4 Å². The molecule has 1 aliphatic heterocycles. The Morgan fingerprint density at radius 1 is 0.871 bits per heavy atom. The Morgan fingerprint density at radius 3 is 2.23 bits per heavy atom. The molecule has 2 fully saturated rings. The molecule has 0 bridgehead atoms. The molecule has 2 aliphatic rings. The van der Waals surface area contributed by atoms with Crippen LogP contribution in [0, 0.1) is 5.92 Å². The lowest BCUT2D eigenvalue weighted by Crippen LogP contribution is -2.45. The van der Waals surface area contributed by atoms with Gasteiger partial charge in [-0.05, 0) is 42.7 Å².